The van der Waals surface area contributed by atoms with Gasteiger partial charge in [-0.25, -0.2) is 4.79 Å². The summed E-state index contributed by atoms with van der Waals surface area (Å²) < 4.78 is 5.19. The van der Waals surface area contributed by atoms with Crippen LogP contribution in [0, 0.1) is 0 Å². The molecule has 4 heteroatoms. The Morgan fingerprint density at radius 1 is 1.22 bits per heavy atom. The zero-order valence-electron chi connectivity index (χ0n) is 12.1. The van der Waals surface area contributed by atoms with Crippen LogP contribution in [0.15, 0.2) is 12.1 Å². The Balaban J connectivity index is 2.50. The van der Waals surface area contributed by atoms with Gasteiger partial charge in [-0.05, 0) is 38.3 Å². The topological polar surface area (TPSA) is 38.3 Å². The molecule has 1 aromatic heterocycles. The first kappa shape index (κ1) is 15.0. The molecule has 1 rings (SSSR count). The average molecular weight is 269 g/mol. The first-order chi connectivity index (χ1) is 8.08. The fourth-order valence-corrected chi connectivity index (χ4v) is 2.35. The van der Waals surface area contributed by atoms with E-state index >= 15 is 0 Å². The predicted octanol–water partition coefficient (Wildman–Crippen LogP) is 4.07. The summed E-state index contributed by atoms with van der Waals surface area (Å²) in [5.41, 5.74) is -0.287. The van der Waals surface area contributed by atoms with Gasteiger partial charge in [-0.15, -0.1) is 11.3 Å². The first-order valence-corrected chi connectivity index (χ1v) is 6.95. The lowest BCUT2D eigenvalue weighted by Crippen LogP contribution is -2.31. The zero-order valence-corrected chi connectivity index (χ0v) is 12.9. The average Bonchev–Trinajstić information content (AvgIpc) is 2.59. The molecule has 0 saturated carbocycles. The zero-order chi connectivity index (χ0) is 14.0. The molecule has 3 nitrogen and oxygen atoms in total. The Labute approximate surface area is 114 Å². The number of hydrogen-bond donors (Lipinski definition) is 1. The number of nitrogens with one attached hydrogen (secondary N) is 1. The van der Waals surface area contributed by atoms with E-state index in [1.165, 1.54) is 4.88 Å². The number of thiophene rings is 1. The summed E-state index contributed by atoms with van der Waals surface area (Å²) in [5.74, 6) is 0. The van der Waals surface area contributed by atoms with Gasteiger partial charge in [0.05, 0.1) is 6.54 Å². The number of ether oxygens (including phenoxy) is 1. The summed E-state index contributed by atoms with van der Waals surface area (Å²) in [4.78, 5) is 14.0. The van der Waals surface area contributed by atoms with Crippen LogP contribution in [0.1, 0.15) is 51.3 Å². The van der Waals surface area contributed by atoms with E-state index in [9.17, 15) is 4.79 Å². The lowest BCUT2D eigenvalue weighted by molar-refractivity contribution is 0.0524. The van der Waals surface area contributed by atoms with Crippen LogP contribution in [-0.4, -0.2) is 11.7 Å². The van der Waals surface area contributed by atoms with Crippen molar-refractivity contribution in [2.75, 3.05) is 0 Å². The molecule has 1 amide bonds. The van der Waals surface area contributed by atoms with Crippen LogP contribution in [0.5, 0.6) is 0 Å². The molecule has 0 aromatic carbocycles. The first-order valence-electron chi connectivity index (χ1n) is 6.14. The summed E-state index contributed by atoms with van der Waals surface area (Å²) in [6.45, 7) is 12.6. The maximum atomic E-state index is 11.5. The van der Waals surface area contributed by atoms with Crippen molar-refractivity contribution < 1.29 is 9.53 Å². The van der Waals surface area contributed by atoms with E-state index in [4.69, 9.17) is 4.74 Å². The Morgan fingerprint density at radius 3 is 2.28 bits per heavy atom. The van der Waals surface area contributed by atoms with Crippen molar-refractivity contribution in [3.05, 3.63) is 21.9 Å². The van der Waals surface area contributed by atoms with Gasteiger partial charge in [0, 0.05) is 9.75 Å². The molecule has 0 saturated heterocycles. The molecule has 0 fully saturated rings. The minimum absolute atomic E-state index is 0.162. The molecule has 18 heavy (non-hydrogen) atoms. The van der Waals surface area contributed by atoms with Crippen LogP contribution in [0.2, 0.25) is 0 Å². The van der Waals surface area contributed by atoms with Gasteiger partial charge in [-0.2, -0.15) is 0 Å². The predicted molar refractivity (Wildman–Crippen MR) is 76.1 cm³/mol. The molecule has 0 aliphatic rings. The Morgan fingerprint density at radius 2 is 1.83 bits per heavy atom. The second-order valence-corrected chi connectivity index (χ2v) is 7.54. The van der Waals surface area contributed by atoms with Gasteiger partial charge < -0.3 is 10.1 Å². The number of carbonyl (C=O) groups is 1. The van der Waals surface area contributed by atoms with Gasteiger partial charge in [0.15, 0.2) is 0 Å². The van der Waals surface area contributed by atoms with E-state index in [2.05, 4.69) is 38.2 Å². The van der Waals surface area contributed by atoms with Crippen molar-refractivity contribution in [3.63, 3.8) is 0 Å². The number of carbonyl (C=O) groups excluding carboxylic acids is 1. The number of rotatable bonds is 2. The van der Waals surface area contributed by atoms with Gasteiger partial charge >= 0.3 is 6.09 Å². The molecule has 0 aliphatic heterocycles. The van der Waals surface area contributed by atoms with E-state index in [-0.39, 0.29) is 11.5 Å². The van der Waals surface area contributed by atoms with Crippen molar-refractivity contribution >= 4 is 17.4 Å². The van der Waals surface area contributed by atoms with Crippen LogP contribution >= 0.6 is 11.3 Å². The van der Waals surface area contributed by atoms with Gasteiger partial charge in [0.2, 0.25) is 0 Å². The Hall–Kier alpha value is -1.03. The summed E-state index contributed by atoms with van der Waals surface area (Å²) in [6.07, 6.45) is -0.367. The quantitative estimate of drug-likeness (QED) is 0.879. The van der Waals surface area contributed by atoms with E-state index in [1.54, 1.807) is 11.3 Å². The summed E-state index contributed by atoms with van der Waals surface area (Å²) in [6, 6.07) is 4.18. The lowest BCUT2D eigenvalue weighted by atomic mass is 9.95. The fraction of sp³-hybridized carbons (Fsp3) is 0.643. The fourth-order valence-electron chi connectivity index (χ4n) is 1.35. The highest BCUT2D eigenvalue weighted by Crippen LogP contribution is 2.29. The number of hydrogen-bond acceptors (Lipinski definition) is 3. The number of alkyl carbamates (subject to hydrolysis) is 1. The molecule has 0 spiro atoms. The second-order valence-electron chi connectivity index (χ2n) is 6.37. The smallest absolute Gasteiger partial charge is 0.407 e. The normalized spacial score (nSPS) is 12.3. The highest BCUT2D eigenvalue weighted by Gasteiger charge is 2.18. The molecule has 0 radical (unpaired) electrons. The van der Waals surface area contributed by atoms with Crippen molar-refractivity contribution in [1.82, 2.24) is 5.32 Å². The number of amides is 1. The van der Waals surface area contributed by atoms with E-state index in [1.807, 2.05) is 20.8 Å². The largest absolute Gasteiger partial charge is 0.444 e. The second kappa shape index (κ2) is 5.31. The van der Waals surface area contributed by atoms with Gasteiger partial charge in [0.25, 0.3) is 0 Å². The monoisotopic (exact) mass is 269 g/mol. The molecular formula is C14H23NO2S. The molecular weight excluding hydrogens is 246 g/mol. The van der Waals surface area contributed by atoms with Gasteiger partial charge in [-0.3, -0.25) is 0 Å². The maximum absolute atomic E-state index is 11.5. The summed E-state index contributed by atoms with van der Waals surface area (Å²) in [5, 5.41) is 2.77. The Bertz CT molecular complexity index is 410. The minimum atomic E-state index is -0.448. The summed E-state index contributed by atoms with van der Waals surface area (Å²) >= 11 is 1.73. The third kappa shape index (κ3) is 5.08. The molecule has 0 atom stereocenters. The van der Waals surface area contributed by atoms with Crippen LogP contribution in [-0.2, 0) is 16.7 Å². The molecule has 102 valence electrons. The molecule has 1 N–H and O–H groups in total. The van der Waals surface area contributed by atoms with Crippen molar-refractivity contribution in [1.29, 1.82) is 0 Å². The minimum Gasteiger partial charge on any atom is -0.444 e. The lowest BCUT2D eigenvalue weighted by Gasteiger charge is -2.19. The summed E-state index contributed by atoms with van der Waals surface area (Å²) in [7, 11) is 0. The molecule has 0 aliphatic carbocycles. The van der Waals surface area contributed by atoms with Crippen molar-refractivity contribution in [3.8, 4) is 0 Å². The van der Waals surface area contributed by atoms with Crippen LogP contribution in [0.4, 0.5) is 4.79 Å². The SMILES string of the molecule is CC(C)(C)OC(=O)NCc1ccc(C(C)(C)C)s1. The third-order valence-corrected chi connectivity index (χ3v) is 3.72. The van der Waals surface area contributed by atoms with Crippen LogP contribution < -0.4 is 5.32 Å². The highest BCUT2D eigenvalue weighted by molar-refractivity contribution is 7.12. The van der Waals surface area contributed by atoms with Gasteiger partial charge in [-0.1, -0.05) is 20.8 Å². The van der Waals surface area contributed by atoms with Gasteiger partial charge in [0.1, 0.15) is 5.60 Å². The molecule has 0 unspecified atom stereocenters. The third-order valence-electron chi connectivity index (χ3n) is 2.21. The highest BCUT2D eigenvalue weighted by atomic mass is 32.1. The molecule has 1 aromatic rings. The van der Waals surface area contributed by atoms with Crippen LogP contribution in [0.3, 0.4) is 0 Å². The Kier molecular flexibility index (Phi) is 4.43. The van der Waals surface area contributed by atoms with Crippen LogP contribution in [0.25, 0.3) is 0 Å². The maximum Gasteiger partial charge on any atom is 0.407 e. The van der Waals surface area contributed by atoms with Crippen molar-refractivity contribution in [2.24, 2.45) is 0 Å². The van der Waals surface area contributed by atoms with E-state index < -0.39 is 5.60 Å². The molecule has 1 heterocycles. The van der Waals surface area contributed by atoms with Crippen molar-refractivity contribution in [2.45, 2.75) is 59.1 Å². The standard InChI is InChI=1S/C14H23NO2S/c1-13(2,3)11-8-7-10(18-11)9-15-12(16)17-14(4,5)6/h7-8H,9H2,1-6H3,(H,15,16). The van der Waals surface area contributed by atoms with E-state index in [0.717, 1.165) is 4.88 Å². The van der Waals surface area contributed by atoms with E-state index in [0.29, 0.717) is 6.54 Å². The molecule has 0 bridgehead atoms.